The average Bonchev–Trinajstić information content (AvgIpc) is 3.17. The Balaban J connectivity index is 1.75. The molecule has 2 aromatic heterocycles. The first kappa shape index (κ1) is 18.9. The van der Waals surface area contributed by atoms with Gasteiger partial charge >= 0.3 is 6.18 Å². The number of hydrazone groups is 1. The second-order valence-electron chi connectivity index (χ2n) is 6.17. The molecular weight excluding hydrogens is 403 g/mol. The molecule has 0 bridgehead atoms. The van der Waals surface area contributed by atoms with Crippen molar-refractivity contribution in [3.63, 3.8) is 0 Å². The van der Waals surface area contributed by atoms with Crippen LogP contribution < -0.4 is 5.01 Å². The Morgan fingerprint density at radius 1 is 1.03 bits per heavy atom. The van der Waals surface area contributed by atoms with Crippen molar-refractivity contribution < 1.29 is 13.2 Å². The van der Waals surface area contributed by atoms with Crippen LogP contribution in [-0.4, -0.2) is 20.5 Å². The Bertz CT molecular complexity index is 1150. The maximum absolute atomic E-state index is 13.0. The molecular formula is C20H13ClF3N5. The maximum Gasteiger partial charge on any atom is 0.417 e. The topological polar surface area (TPSA) is 46.3 Å². The van der Waals surface area contributed by atoms with Crippen molar-refractivity contribution in [2.24, 2.45) is 5.10 Å². The van der Waals surface area contributed by atoms with E-state index in [4.69, 9.17) is 11.6 Å². The highest BCUT2D eigenvalue weighted by atomic mass is 35.5. The predicted octanol–water partition coefficient (Wildman–Crippen LogP) is 5.23. The van der Waals surface area contributed by atoms with Crippen LogP contribution in [0.1, 0.15) is 11.3 Å². The molecule has 146 valence electrons. The Morgan fingerprint density at radius 3 is 2.62 bits per heavy atom. The Kier molecular flexibility index (Phi) is 4.71. The van der Waals surface area contributed by atoms with Crippen LogP contribution in [0.2, 0.25) is 5.02 Å². The molecule has 1 aliphatic heterocycles. The Labute approximate surface area is 169 Å². The molecule has 9 heteroatoms. The fourth-order valence-corrected chi connectivity index (χ4v) is 2.99. The van der Waals surface area contributed by atoms with Crippen molar-refractivity contribution in [1.82, 2.24) is 14.8 Å². The molecule has 0 saturated carbocycles. The minimum absolute atomic E-state index is 0.176. The summed E-state index contributed by atoms with van der Waals surface area (Å²) < 4.78 is 40.7. The summed E-state index contributed by atoms with van der Waals surface area (Å²) in [6.07, 6.45) is 2.38. The predicted molar refractivity (Wildman–Crippen MR) is 105 cm³/mol. The van der Waals surface area contributed by atoms with Crippen molar-refractivity contribution in [3.05, 3.63) is 95.7 Å². The minimum atomic E-state index is -4.50. The fourth-order valence-electron chi connectivity index (χ4n) is 2.81. The number of pyridine rings is 1. The molecule has 0 amide bonds. The highest BCUT2D eigenvalue weighted by molar-refractivity contribution is 6.30. The second-order valence-corrected chi connectivity index (χ2v) is 6.61. The summed E-state index contributed by atoms with van der Waals surface area (Å²) in [5, 5.41) is 10.7. The van der Waals surface area contributed by atoms with Crippen molar-refractivity contribution in [3.8, 4) is 5.69 Å². The molecule has 1 aromatic carbocycles. The van der Waals surface area contributed by atoms with Crippen molar-refractivity contribution in [1.29, 1.82) is 0 Å². The summed E-state index contributed by atoms with van der Waals surface area (Å²) in [5.41, 5.74) is 1.71. The first-order valence-corrected chi connectivity index (χ1v) is 8.78. The van der Waals surface area contributed by atoms with Gasteiger partial charge < -0.3 is 0 Å². The lowest BCUT2D eigenvalue weighted by molar-refractivity contribution is -0.137. The molecule has 3 heterocycles. The third kappa shape index (κ3) is 3.79. The SMILES string of the molecule is C=C1C=CN(c2cncc(C(F)(F)F)c2)N=C1c1ccnn1-c1cccc(Cl)c1. The van der Waals surface area contributed by atoms with Gasteiger partial charge in [-0.3, -0.25) is 4.98 Å². The molecule has 0 fully saturated rings. The van der Waals surface area contributed by atoms with Gasteiger partial charge in [0.25, 0.3) is 0 Å². The van der Waals surface area contributed by atoms with E-state index in [1.807, 2.05) is 6.07 Å². The molecule has 4 rings (SSSR count). The highest BCUT2D eigenvalue weighted by Gasteiger charge is 2.31. The van der Waals surface area contributed by atoms with Crippen LogP contribution in [0.15, 0.2) is 84.5 Å². The molecule has 1 aliphatic rings. The van der Waals surface area contributed by atoms with Gasteiger partial charge in [-0.1, -0.05) is 24.2 Å². The van der Waals surface area contributed by atoms with E-state index in [9.17, 15) is 13.2 Å². The number of hydrogen-bond acceptors (Lipinski definition) is 4. The van der Waals surface area contributed by atoms with Gasteiger partial charge in [-0.25, -0.2) is 9.69 Å². The molecule has 0 saturated heterocycles. The van der Waals surface area contributed by atoms with Crippen LogP contribution in [0.4, 0.5) is 18.9 Å². The zero-order valence-electron chi connectivity index (χ0n) is 14.8. The monoisotopic (exact) mass is 415 g/mol. The molecule has 0 spiro atoms. The first-order valence-electron chi connectivity index (χ1n) is 8.41. The number of anilines is 1. The van der Waals surface area contributed by atoms with Crippen LogP contribution in [0.3, 0.4) is 0 Å². The second kappa shape index (κ2) is 7.21. The molecule has 29 heavy (non-hydrogen) atoms. The van der Waals surface area contributed by atoms with Gasteiger partial charge in [-0.2, -0.15) is 23.4 Å². The minimum Gasteiger partial charge on any atom is -0.262 e. The number of halogens is 4. The van der Waals surface area contributed by atoms with Gasteiger partial charge in [-0.15, -0.1) is 0 Å². The maximum atomic E-state index is 13.0. The molecule has 3 aromatic rings. The third-order valence-corrected chi connectivity index (χ3v) is 4.42. The van der Waals surface area contributed by atoms with E-state index in [0.29, 0.717) is 22.0 Å². The summed E-state index contributed by atoms with van der Waals surface area (Å²) in [7, 11) is 0. The average molecular weight is 416 g/mol. The van der Waals surface area contributed by atoms with Crippen LogP contribution in [0, 0.1) is 0 Å². The normalized spacial score (nSPS) is 14.3. The highest BCUT2D eigenvalue weighted by Crippen LogP contribution is 2.32. The van der Waals surface area contributed by atoms with E-state index in [1.165, 1.54) is 17.4 Å². The lowest BCUT2D eigenvalue weighted by Crippen LogP contribution is -2.21. The van der Waals surface area contributed by atoms with E-state index in [1.54, 1.807) is 41.2 Å². The van der Waals surface area contributed by atoms with Gasteiger partial charge in [0.15, 0.2) is 0 Å². The van der Waals surface area contributed by atoms with E-state index < -0.39 is 11.7 Å². The number of aromatic nitrogens is 3. The van der Waals surface area contributed by atoms with Crippen molar-refractivity contribution in [2.75, 3.05) is 5.01 Å². The molecule has 5 nitrogen and oxygen atoms in total. The zero-order chi connectivity index (χ0) is 20.6. The zero-order valence-corrected chi connectivity index (χ0v) is 15.6. The van der Waals surface area contributed by atoms with Gasteiger partial charge in [0.1, 0.15) is 5.71 Å². The molecule has 0 unspecified atom stereocenters. The van der Waals surface area contributed by atoms with E-state index in [2.05, 4.69) is 21.8 Å². The van der Waals surface area contributed by atoms with Gasteiger partial charge in [-0.05, 0) is 42.0 Å². The largest absolute Gasteiger partial charge is 0.417 e. The van der Waals surface area contributed by atoms with Crippen molar-refractivity contribution in [2.45, 2.75) is 6.18 Å². The number of benzene rings is 1. The fraction of sp³-hybridized carbons (Fsp3) is 0.0500. The van der Waals surface area contributed by atoms with Gasteiger partial charge in [0.05, 0.1) is 35.0 Å². The number of nitrogens with zero attached hydrogens (tertiary/aromatic N) is 5. The van der Waals surface area contributed by atoms with Crippen LogP contribution >= 0.6 is 11.6 Å². The standard InChI is InChI=1S/C20H13ClF3N5/c1-13-6-8-28(17-9-14(11-25-12-17)20(22,23)24)27-19(13)18-5-7-26-29(18)16-4-2-3-15(21)10-16/h2-12H,1H2. The summed E-state index contributed by atoms with van der Waals surface area (Å²) in [4.78, 5) is 3.69. The van der Waals surface area contributed by atoms with Gasteiger partial charge in [0.2, 0.25) is 0 Å². The van der Waals surface area contributed by atoms with E-state index in [-0.39, 0.29) is 5.69 Å². The summed E-state index contributed by atoms with van der Waals surface area (Å²) in [6, 6.07) is 9.85. The number of hydrogen-bond donors (Lipinski definition) is 0. The smallest absolute Gasteiger partial charge is 0.262 e. The van der Waals surface area contributed by atoms with Gasteiger partial charge in [0, 0.05) is 17.4 Å². The van der Waals surface area contributed by atoms with E-state index in [0.717, 1.165) is 18.0 Å². The molecule has 0 aliphatic carbocycles. The first-order chi connectivity index (χ1) is 13.8. The quantitative estimate of drug-likeness (QED) is 0.588. The number of alkyl halides is 3. The summed E-state index contributed by atoms with van der Waals surface area (Å²) in [6.45, 7) is 3.98. The number of rotatable bonds is 3. The molecule has 0 atom stereocenters. The summed E-state index contributed by atoms with van der Waals surface area (Å²) in [5.74, 6) is 0. The number of allylic oxidation sites excluding steroid dienone is 2. The third-order valence-electron chi connectivity index (χ3n) is 4.18. The molecule has 0 radical (unpaired) electrons. The lowest BCUT2D eigenvalue weighted by Gasteiger charge is -2.22. The van der Waals surface area contributed by atoms with Crippen LogP contribution in [0.25, 0.3) is 5.69 Å². The molecule has 0 N–H and O–H groups in total. The lowest BCUT2D eigenvalue weighted by atomic mass is 10.1. The van der Waals surface area contributed by atoms with E-state index >= 15 is 0 Å². The van der Waals surface area contributed by atoms with Crippen LogP contribution in [0.5, 0.6) is 0 Å². The Morgan fingerprint density at radius 2 is 1.86 bits per heavy atom. The van der Waals surface area contributed by atoms with Crippen molar-refractivity contribution >= 4 is 23.0 Å². The van der Waals surface area contributed by atoms with Crippen LogP contribution in [-0.2, 0) is 6.18 Å². The Hall–Kier alpha value is -3.39. The summed E-state index contributed by atoms with van der Waals surface area (Å²) >= 11 is 6.08.